The maximum atomic E-state index is 6.26. The van der Waals surface area contributed by atoms with Gasteiger partial charge in [-0.15, -0.1) is 0 Å². The molecular formula is C17H28BNO3. The Morgan fingerprint density at radius 2 is 1.64 bits per heavy atom. The summed E-state index contributed by atoms with van der Waals surface area (Å²) < 4.78 is 17.2. The van der Waals surface area contributed by atoms with Gasteiger partial charge in [0.2, 0.25) is 0 Å². The van der Waals surface area contributed by atoms with Crippen molar-refractivity contribution in [2.24, 2.45) is 5.73 Å². The fourth-order valence-electron chi connectivity index (χ4n) is 2.53. The predicted molar refractivity (Wildman–Crippen MR) is 90.0 cm³/mol. The summed E-state index contributed by atoms with van der Waals surface area (Å²) in [5.41, 5.74) is 6.93. The first-order valence-electron chi connectivity index (χ1n) is 7.99. The Morgan fingerprint density at radius 1 is 1.09 bits per heavy atom. The van der Waals surface area contributed by atoms with Crippen molar-refractivity contribution in [3.05, 3.63) is 29.8 Å². The summed E-state index contributed by atoms with van der Waals surface area (Å²) in [6, 6.07) is 8.17. The van der Waals surface area contributed by atoms with Crippen LogP contribution in [0.1, 0.15) is 46.1 Å². The average molecular weight is 305 g/mol. The zero-order chi connectivity index (χ0) is 16.4. The standard InChI is InChI=1S/C17H28BNO3/c1-16(2)17(3,4)22-18(21-16)15(19)8-6-7-13-9-11-14(20-5)12-10-13/h9-12,15H,6-8,19H2,1-5H3. The molecule has 0 aliphatic carbocycles. The van der Waals surface area contributed by atoms with Gasteiger partial charge >= 0.3 is 7.12 Å². The molecule has 1 aliphatic rings. The van der Waals surface area contributed by atoms with Crippen LogP contribution in [0.4, 0.5) is 0 Å². The summed E-state index contributed by atoms with van der Waals surface area (Å²) in [6.07, 6.45) is 2.89. The van der Waals surface area contributed by atoms with E-state index in [4.69, 9.17) is 19.8 Å². The van der Waals surface area contributed by atoms with Crippen molar-refractivity contribution >= 4 is 7.12 Å². The van der Waals surface area contributed by atoms with Crippen LogP contribution in [-0.2, 0) is 15.7 Å². The lowest BCUT2D eigenvalue weighted by Crippen LogP contribution is -2.41. The summed E-state index contributed by atoms with van der Waals surface area (Å²) >= 11 is 0. The maximum Gasteiger partial charge on any atom is 0.475 e. The van der Waals surface area contributed by atoms with Crippen LogP contribution in [0.3, 0.4) is 0 Å². The molecule has 1 saturated heterocycles. The summed E-state index contributed by atoms with van der Waals surface area (Å²) in [6.45, 7) is 8.21. The van der Waals surface area contributed by atoms with E-state index >= 15 is 0 Å². The number of nitrogens with two attached hydrogens (primary N) is 1. The van der Waals surface area contributed by atoms with Crippen LogP contribution in [0.5, 0.6) is 5.75 Å². The Balaban J connectivity index is 1.79. The van der Waals surface area contributed by atoms with E-state index in [2.05, 4.69) is 39.8 Å². The van der Waals surface area contributed by atoms with Crippen LogP contribution in [0.2, 0.25) is 0 Å². The number of hydrogen-bond acceptors (Lipinski definition) is 4. The molecule has 0 spiro atoms. The summed E-state index contributed by atoms with van der Waals surface area (Å²) in [7, 11) is 1.36. The molecule has 0 aromatic heterocycles. The minimum absolute atomic E-state index is 0.0979. The van der Waals surface area contributed by atoms with E-state index in [1.54, 1.807) is 7.11 Å². The molecule has 1 fully saturated rings. The molecule has 0 bridgehead atoms. The van der Waals surface area contributed by atoms with Gasteiger partial charge in [-0.25, -0.2) is 0 Å². The fourth-order valence-corrected chi connectivity index (χ4v) is 2.53. The van der Waals surface area contributed by atoms with Crippen LogP contribution < -0.4 is 10.5 Å². The molecule has 122 valence electrons. The van der Waals surface area contributed by atoms with Crippen molar-refractivity contribution < 1.29 is 14.0 Å². The van der Waals surface area contributed by atoms with Crippen molar-refractivity contribution in [3.63, 3.8) is 0 Å². The van der Waals surface area contributed by atoms with Crippen LogP contribution in [0.25, 0.3) is 0 Å². The Labute approximate surface area is 134 Å². The highest BCUT2D eigenvalue weighted by Gasteiger charge is 2.52. The molecule has 1 atom stereocenters. The van der Waals surface area contributed by atoms with E-state index < -0.39 is 0 Å². The monoisotopic (exact) mass is 305 g/mol. The number of hydrogen-bond donors (Lipinski definition) is 1. The first kappa shape index (κ1) is 17.3. The number of ether oxygens (including phenoxy) is 1. The Bertz CT molecular complexity index is 471. The molecule has 2 N–H and O–H groups in total. The second kappa shape index (κ2) is 6.61. The second-order valence-corrected chi connectivity index (χ2v) is 7.03. The summed E-state index contributed by atoms with van der Waals surface area (Å²) in [5, 5.41) is 0. The molecule has 0 radical (unpaired) electrons. The van der Waals surface area contributed by atoms with Crippen molar-refractivity contribution in [1.82, 2.24) is 0 Å². The molecule has 1 aromatic carbocycles. The lowest BCUT2D eigenvalue weighted by atomic mass is 9.76. The van der Waals surface area contributed by atoms with Gasteiger partial charge in [0.05, 0.1) is 18.3 Å². The van der Waals surface area contributed by atoms with Crippen LogP contribution in [0, 0.1) is 0 Å². The van der Waals surface area contributed by atoms with Crippen molar-refractivity contribution in [3.8, 4) is 5.75 Å². The van der Waals surface area contributed by atoms with Gasteiger partial charge in [-0.3, -0.25) is 0 Å². The van der Waals surface area contributed by atoms with Gasteiger partial charge in [0, 0.05) is 5.94 Å². The SMILES string of the molecule is COc1ccc(CCCC(N)B2OC(C)(C)C(C)(C)O2)cc1. The van der Waals surface area contributed by atoms with Gasteiger partial charge in [0.25, 0.3) is 0 Å². The zero-order valence-corrected chi connectivity index (χ0v) is 14.4. The van der Waals surface area contributed by atoms with Crippen LogP contribution in [-0.4, -0.2) is 31.4 Å². The topological polar surface area (TPSA) is 53.7 Å². The molecule has 4 nitrogen and oxygen atoms in total. The minimum atomic E-state index is -0.319. The Hall–Kier alpha value is -1.04. The molecule has 0 saturated carbocycles. The van der Waals surface area contributed by atoms with Gasteiger partial charge in [0.15, 0.2) is 0 Å². The van der Waals surface area contributed by atoms with Gasteiger partial charge < -0.3 is 19.8 Å². The maximum absolute atomic E-state index is 6.26. The quantitative estimate of drug-likeness (QED) is 0.821. The first-order valence-corrected chi connectivity index (χ1v) is 7.99. The number of benzene rings is 1. The predicted octanol–water partition coefficient (Wildman–Crippen LogP) is 2.98. The zero-order valence-electron chi connectivity index (χ0n) is 14.4. The average Bonchev–Trinajstić information content (AvgIpc) is 2.68. The largest absolute Gasteiger partial charge is 0.497 e. The third kappa shape index (κ3) is 3.83. The highest BCUT2D eigenvalue weighted by molar-refractivity contribution is 6.47. The third-order valence-corrected chi connectivity index (χ3v) is 4.78. The minimum Gasteiger partial charge on any atom is -0.497 e. The van der Waals surface area contributed by atoms with Crippen LogP contribution >= 0.6 is 0 Å². The molecule has 1 aromatic rings. The van der Waals surface area contributed by atoms with E-state index in [0.717, 1.165) is 25.0 Å². The van der Waals surface area contributed by atoms with Crippen molar-refractivity contribution in [1.29, 1.82) is 0 Å². The van der Waals surface area contributed by atoms with E-state index in [-0.39, 0.29) is 24.3 Å². The van der Waals surface area contributed by atoms with Gasteiger partial charge in [-0.1, -0.05) is 12.1 Å². The first-order chi connectivity index (χ1) is 10.2. The molecule has 1 unspecified atom stereocenters. The lowest BCUT2D eigenvalue weighted by molar-refractivity contribution is 0.00578. The normalized spacial score (nSPS) is 20.9. The van der Waals surface area contributed by atoms with Gasteiger partial charge in [-0.05, 0) is 64.7 Å². The molecule has 1 aliphatic heterocycles. The second-order valence-electron chi connectivity index (χ2n) is 7.03. The number of rotatable bonds is 6. The Morgan fingerprint density at radius 3 is 2.14 bits per heavy atom. The highest BCUT2D eigenvalue weighted by atomic mass is 16.7. The molecule has 22 heavy (non-hydrogen) atoms. The van der Waals surface area contributed by atoms with Gasteiger partial charge in [0.1, 0.15) is 5.75 Å². The van der Waals surface area contributed by atoms with E-state index in [0.29, 0.717) is 0 Å². The van der Waals surface area contributed by atoms with Crippen molar-refractivity contribution in [2.75, 3.05) is 7.11 Å². The Kier molecular flexibility index (Phi) is 5.20. The number of aryl methyl sites for hydroxylation is 1. The molecular weight excluding hydrogens is 277 g/mol. The van der Waals surface area contributed by atoms with E-state index in [1.165, 1.54) is 5.56 Å². The highest BCUT2D eigenvalue weighted by Crippen LogP contribution is 2.37. The third-order valence-electron chi connectivity index (χ3n) is 4.78. The molecule has 1 heterocycles. The number of methoxy groups -OCH3 is 1. The summed E-state index contributed by atoms with van der Waals surface area (Å²) in [5.74, 6) is 0.789. The molecule has 0 amide bonds. The van der Waals surface area contributed by atoms with E-state index in [1.807, 2.05) is 12.1 Å². The van der Waals surface area contributed by atoms with E-state index in [9.17, 15) is 0 Å². The summed E-state index contributed by atoms with van der Waals surface area (Å²) in [4.78, 5) is 0. The van der Waals surface area contributed by atoms with Crippen LogP contribution in [0.15, 0.2) is 24.3 Å². The van der Waals surface area contributed by atoms with Crippen molar-refractivity contribution in [2.45, 2.75) is 64.1 Å². The fraction of sp³-hybridized carbons (Fsp3) is 0.647. The smallest absolute Gasteiger partial charge is 0.475 e. The van der Waals surface area contributed by atoms with Gasteiger partial charge in [-0.2, -0.15) is 0 Å². The lowest BCUT2D eigenvalue weighted by Gasteiger charge is -2.32. The molecule has 5 heteroatoms. The molecule has 2 rings (SSSR count).